The van der Waals surface area contributed by atoms with Crippen LogP contribution in [-0.4, -0.2) is 30.4 Å². The molecule has 0 amide bonds. The molecular weight excluding hydrogens is 351 g/mol. The summed E-state index contributed by atoms with van der Waals surface area (Å²) < 4.78 is 4.63. The van der Waals surface area contributed by atoms with Crippen LogP contribution >= 0.6 is 23.2 Å². The van der Waals surface area contributed by atoms with Gasteiger partial charge in [-0.05, 0) is 25.7 Å². The number of unbranched alkanes of at least 4 members (excludes halogenated alkanes) is 4. The molecule has 0 atom stereocenters. The van der Waals surface area contributed by atoms with Crippen molar-refractivity contribution >= 4 is 34.4 Å². The first-order chi connectivity index (χ1) is 11.6. The molecule has 0 aliphatic rings. The lowest BCUT2D eigenvalue weighted by Crippen LogP contribution is -2.40. The first kappa shape index (κ1) is 19.1. The van der Waals surface area contributed by atoms with Crippen molar-refractivity contribution in [3.63, 3.8) is 0 Å². The van der Waals surface area contributed by atoms with Gasteiger partial charge in [0.25, 0.3) is 5.56 Å². The monoisotopic (exact) mass is 374 g/mol. The standard InChI is InChI=1S/C16H24Cl2N4O2/c1-20-12-19-14-13(20)15(23)22(11-7-3-5-9-18)16(24)21(14)10-6-2-4-8-17/h12H,2-11H2,1H3. The predicted octanol–water partition coefficient (Wildman–Crippen LogP) is 2.71. The highest BCUT2D eigenvalue weighted by Crippen LogP contribution is 2.08. The molecule has 0 N–H and O–H groups in total. The van der Waals surface area contributed by atoms with E-state index in [1.807, 2.05) is 0 Å². The molecule has 2 aromatic rings. The lowest BCUT2D eigenvalue weighted by Gasteiger charge is -2.11. The first-order valence-corrected chi connectivity index (χ1v) is 9.45. The van der Waals surface area contributed by atoms with Gasteiger partial charge < -0.3 is 4.57 Å². The summed E-state index contributed by atoms with van der Waals surface area (Å²) in [4.78, 5) is 29.7. The van der Waals surface area contributed by atoms with Crippen LogP contribution in [-0.2, 0) is 20.1 Å². The third kappa shape index (κ3) is 4.22. The Kier molecular flexibility index (Phi) is 7.37. The fourth-order valence-electron chi connectivity index (χ4n) is 2.79. The lowest BCUT2D eigenvalue weighted by atomic mass is 10.2. The summed E-state index contributed by atoms with van der Waals surface area (Å²) in [6.45, 7) is 0.961. The van der Waals surface area contributed by atoms with E-state index in [2.05, 4.69) is 4.98 Å². The average molecular weight is 375 g/mol. The molecule has 2 heterocycles. The van der Waals surface area contributed by atoms with Gasteiger partial charge in [-0.25, -0.2) is 9.78 Å². The second-order valence-corrected chi connectivity index (χ2v) is 6.67. The van der Waals surface area contributed by atoms with Gasteiger partial charge in [-0.15, -0.1) is 23.2 Å². The fraction of sp³-hybridized carbons (Fsp3) is 0.688. The van der Waals surface area contributed by atoms with Gasteiger partial charge in [-0.1, -0.05) is 12.8 Å². The van der Waals surface area contributed by atoms with Crippen molar-refractivity contribution in [3.8, 4) is 0 Å². The molecule has 0 radical (unpaired) electrons. The number of alkyl halides is 2. The number of imidazole rings is 1. The number of halogens is 2. The number of hydrogen-bond acceptors (Lipinski definition) is 3. The molecule has 2 rings (SSSR count). The normalized spacial score (nSPS) is 11.5. The van der Waals surface area contributed by atoms with Gasteiger partial charge in [0, 0.05) is 31.9 Å². The molecule has 0 spiro atoms. The average Bonchev–Trinajstić information content (AvgIpc) is 2.95. The largest absolute Gasteiger partial charge is 0.332 e. The van der Waals surface area contributed by atoms with E-state index in [1.165, 1.54) is 4.57 Å². The molecular formula is C16H24Cl2N4O2. The van der Waals surface area contributed by atoms with Gasteiger partial charge in [0.1, 0.15) is 0 Å². The Hall–Kier alpha value is -1.27. The summed E-state index contributed by atoms with van der Waals surface area (Å²) in [5.41, 5.74) is 0.403. The van der Waals surface area contributed by atoms with E-state index >= 15 is 0 Å². The molecule has 6 nitrogen and oxygen atoms in total. The zero-order valence-corrected chi connectivity index (χ0v) is 15.5. The zero-order chi connectivity index (χ0) is 17.5. The van der Waals surface area contributed by atoms with Crippen molar-refractivity contribution in [2.45, 2.75) is 51.6 Å². The highest BCUT2D eigenvalue weighted by atomic mass is 35.5. The Morgan fingerprint density at radius 1 is 0.917 bits per heavy atom. The maximum Gasteiger partial charge on any atom is 0.332 e. The Labute approximate surface area is 151 Å². The van der Waals surface area contributed by atoms with E-state index in [-0.39, 0.29) is 11.2 Å². The molecule has 2 aromatic heterocycles. The van der Waals surface area contributed by atoms with E-state index in [4.69, 9.17) is 23.2 Å². The molecule has 0 aromatic carbocycles. The van der Waals surface area contributed by atoms with E-state index in [1.54, 1.807) is 22.5 Å². The van der Waals surface area contributed by atoms with Crippen LogP contribution in [0.15, 0.2) is 15.9 Å². The van der Waals surface area contributed by atoms with Crippen LogP contribution < -0.4 is 11.2 Å². The lowest BCUT2D eigenvalue weighted by molar-refractivity contribution is 0.516. The van der Waals surface area contributed by atoms with Crippen LogP contribution in [0.25, 0.3) is 11.2 Å². The van der Waals surface area contributed by atoms with Crippen LogP contribution in [0.5, 0.6) is 0 Å². The van der Waals surface area contributed by atoms with Crippen molar-refractivity contribution in [1.29, 1.82) is 0 Å². The van der Waals surface area contributed by atoms with Gasteiger partial charge in [0.15, 0.2) is 11.2 Å². The van der Waals surface area contributed by atoms with Gasteiger partial charge in [-0.2, -0.15) is 0 Å². The van der Waals surface area contributed by atoms with E-state index in [0.717, 1.165) is 38.5 Å². The third-order valence-corrected chi connectivity index (χ3v) is 4.65. The van der Waals surface area contributed by atoms with E-state index in [0.29, 0.717) is 36.0 Å². The third-order valence-electron chi connectivity index (χ3n) is 4.11. The van der Waals surface area contributed by atoms with Crippen molar-refractivity contribution in [2.24, 2.45) is 7.05 Å². The topological polar surface area (TPSA) is 61.8 Å². The first-order valence-electron chi connectivity index (χ1n) is 8.38. The quantitative estimate of drug-likeness (QED) is 0.474. The fourth-order valence-corrected chi connectivity index (χ4v) is 3.17. The van der Waals surface area contributed by atoms with Gasteiger partial charge in [0.05, 0.1) is 6.33 Å². The van der Waals surface area contributed by atoms with Crippen LogP contribution in [0.2, 0.25) is 0 Å². The number of nitrogens with zero attached hydrogens (tertiary/aromatic N) is 4. The Bertz CT molecular complexity index is 779. The Morgan fingerprint density at radius 2 is 1.50 bits per heavy atom. The van der Waals surface area contributed by atoms with Crippen molar-refractivity contribution in [3.05, 3.63) is 27.2 Å². The number of rotatable bonds is 10. The summed E-state index contributed by atoms with van der Waals surface area (Å²) in [7, 11) is 1.77. The molecule has 0 aliphatic heterocycles. The van der Waals surface area contributed by atoms with Gasteiger partial charge in [0.2, 0.25) is 0 Å². The second-order valence-electron chi connectivity index (χ2n) is 5.92. The minimum absolute atomic E-state index is 0.266. The summed E-state index contributed by atoms with van der Waals surface area (Å²) in [6, 6.07) is 0. The van der Waals surface area contributed by atoms with Crippen molar-refractivity contribution < 1.29 is 0 Å². The molecule has 0 fully saturated rings. The molecule has 0 aliphatic carbocycles. The smallest absolute Gasteiger partial charge is 0.328 e. The van der Waals surface area contributed by atoms with Crippen LogP contribution in [0.4, 0.5) is 0 Å². The SMILES string of the molecule is Cn1cnc2c1c(=O)n(CCCCCCl)c(=O)n2CCCCCCl. The second kappa shape index (κ2) is 9.28. The summed E-state index contributed by atoms with van der Waals surface area (Å²) in [6.07, 6.45) is 6.82. The molecule has 0 saturated carbocycles. The number of hydrogen-bond donors (Lipinski definition) is 0. The Morgan fingerprint density at radius 3 is 2.08 bits per heavy atom. The molecule has 0 saturated heterocycles. The summed E-state index contributed by atoms with van der Waals surface area (Å²) in [5, 5.41) is 0. The highest BCUT2D eigenvalue weighted by Gasteiger charge is 2.16. The molecule has 8 heteroatoms. The minimum atomic E-state index is -0.275. The van der Waals surface area contributed by atoms with Gasteiger partial charge >= 0.3 is 5.69 Å². The number of aryl methyl sites for hydroxylation is 2. The number of aromatic nitrogens is 4. The molecule has 134 valence electrons. The molecule has 24 heavy (non-hydrogen) atoms. The molecule has 0 unspecified atom stereocenters. The zero-order valence-electron chi connectivity index (χ0n) is 14.0. The number of fused-ring (bicyclic) bond motifs is 1. The maximum absolute atomic E-state index is 12.8. The van der Waals surface area contributed by atoms with Crippen molar-refractivity contribution in [2.75, 3.05) is 11.8 Å². The Balaban J connectivity index is 2.36. The van der Waals surface area contributed by atoms with Crippen LogP contribution in [0, 0.1) is 0 Å². The van der Waals surface area contributed by atoms with Crippen LogP contribution in [0.1, 0.15) is 38.5 Å². The maximum atomic E-state index is 12.8. The van der Waals surface area contributed by atoms with E-state index < -0.39 is 0 Å². The highest BCUT2D eigenvalue weighted by molar-refractivity contribution is 6.18. The van der Waals surface area contributed by atoms with E-state index in [9.17, 15) is 9.59 Å². The minimum Gasteiger partial charge on any atom is -0.328 e. The molecule has 0 bridgehead atoms. The van der Waals surface area contributed by atoms with Crippen molar-refractivity contribution in [1.82, 2.24) is 18.7 Å². The predicted molar refractivity (Wildman–Crippen MR) is 98.4 cm³/mol. The van der Waals surface area contributed by atoms with Crippen LogP contribution in [0.3, 0.4) is 0 Å². The summed E-state index contributed by atoms with van der Waals surface area (Å²) in [5.74, 6) is 1.22. The summed E-state index contributed by atoms with van der Waals surface area (Å²) >= 11 is 11.4. The van der Waals surface area contributed by atoms with Gasteiger partial charge in [-0.3, -0.25) is 13.9 Å².